The fourth-order valence-corrected chi connectivity index (χ4v) is 2.15. The van der Waals surface area contributed by atoms with Crippen molar-refractivity contribution in [3.8, 4) is 11.3 Å². The predicted molar refractivity (Wildman–Crippen MR) is 101 cm³/mol. The lowest BCUT2D eigenvalue weighted by Gasteiger charge is -2.03. The Bertz CT molecular complexity index is 576. The van der Waals surface area contributed by atoms with Gasteiger partial charge in [0.05, 0.1) is 6.20 Å². The molecule has 0 atom stereocenters. The second kappa shape index (κ2) is 12.8. The van der Waals surface area contributed by atoms with Gasteiger partial charge in [-0.1, -0.05) is 30.3 Å². The Balaban J connectivity index is 0.00000264. The molecule has 0 radical (unpaired) electrons. The van der Waals surface area contributed by atoms with E-state index in [4.69, 9.17) is 10.2 Å². The van der Waals surface area contributed by atoms with E-state index in [9.17, 15) is 4.79 Å². The molecule has 1 aromatic heterocycles. The van der Waals surface area contributed by atoms with Gasteiger partial charge in [0.15, 0.2) is 11.7 Å². The molecule has 24 heavy (non-hydrogen) atoms. The summed E-state index contributed by atoms with van der Waals surface area (Å²) in [6.07, 6.45) is 5.50. The van der Waals surface area contributed by atoms with E-state index in [1.54, 1.807) is 6.20 Å². The van der Waals surface area contributed by atoms with E-state index < -0.39 is 0 Å². The molecular weight excluding hydrogens is 349 g/mol. The number of aromatic nitrogens is 1. The highest BCUT2D eigenvalue weighted by Gasteiger charge is 2.07. The Morgan fingerprint density at radius 1 is 1.12 bits per heavy atom. The molecule has 2 aromatic rings. The van der Waals surface area contributed by atoms with Crippen molar-refractivity contribution in [1.29, 1.82) is 0 Å². The number of unbranched alkanes of at least 4 members (excludes halogenated alkanes) is 1. The molecule has 0 bridgehead atoms. The van der Waals surface area contributed by atoms with E-state index in [-0.39, 0.29) is 30.7 Å². The minimum atomic E-state index is 0. The number of rotatable bonds is 9. The Morgan fingerprint density at radius 2 is 1.88 bits per heavy atom. The molecule has 0 saturated carbocycles. The summed E-state index contributed by atoms with van der Waals surface area (Å²) in [5.41, 5.74) is 6.42. The lowest BCUT2D eigenvalue weighted by Crippen LogP contribution is -2.24. The number of benzene rings is 1. The largest absolute Gasteiger partial charge is 0.441 e. The van der Waals surface area contributed by atoms with E-state index in [0.717, 1.165) is 30.6 Å². The van der Waals surface area contributed by atoms with Crippen molar-refractivity contribution >= 4 is 30.7 Å². The van der Waals surface area contributed by atoms with Crippen LogP contribution < -0.4 is 11.1 Å². The zero-order chi connectivity index (χ0) is 15.6. The third-order valence-corrected chi connectivity index (χ3v) is 3.36. The lowest BCUT2D eigenvalue weighted by molar-refractivity contribution is -0.121. The molecule has 1 amide bonds. The van der Waals surface area contributed by atoms with Gasteiger partial charge in [-0.05, 0) is 25.8 Å². The number of oxazole rings is 1. The van der Waals surface area contributed by atoms with E-state index >= 15 is 0 Å². The van der Waals surface area contributed by atoms with Crippen molar-refractivity contribution in [3.63, 3.8) is 0 Å². The fraction of sp³-hybridized carbons (Fsp3) is 0.412. The van der Waals surface area contributed by atoms with Crippen LogP contribution in [0, 0.1) is 0 Å². The summed E-state index contributed by atoms with van der Waals surface area (Å²) in [4.78, 5) is 15.9. The number of hydrogen-bond acceptors (Lipinski definition) is 4. The first-order valence-electron chi connectivity index (χ1n) is 7.76. The molecule has 0 saturated heterocycles. The summed E-state index contributed by atoms with van der Waals surface area (Å²) in [5.74, 6) is 1.52. The second-order valence-electron chi connectivity index (χ2n) is 5.18. The highest BCUT2D eigenvalue weighted by Crippen LogP contribution is 2.20. The van der Waals surface area contributed by atoms with Crippen molar-refractivity contribution < 1.29 is 9.21 Å². The summed E-state index contributed by atoms with van der Waals surface area (Å²) < 4.78 is 5.71. The van der Waals surface area contributed by atoms with Crippen LogP contribution >= 0.6 is 24.8 Å². The molecule has 0 spiro atoms. The van der Waals surface area contributed by atoms with Gasteiger partial charge in [-0.15, -0.1) is 24.8 Å². The minimum absolute atomic E-state index is 0. The molecule has 0 aliphatic carbocycles. The molecule has 2 rings (SSSR count). The van der Waals surface area contributed by atoms with E-state index in [0.29, 0.717) is 31.8 Å². The maximum Gasteiger partial charge on any atom is 0.220 e. The average molecular weight is 374 g/mol. The van der Waals surface area contributed by atoms with Gasteiger partial charge in [0, 0.05) is 24.9 Å². The normalized spacial score (nSPS) is 9.71. The van der Waals surface area contributed by atoms with Gasteiger partial charge in [-0.25, -0.2) is 4.98 Å². The molecule has 3 N–H and O–H groups in total. The zero-order valence-electron chi connectivity index (χ0n) is 13.6. The SMILES string of the molecule is Cl.Cl.NCCCCNC(=O)CCCc1ncc(-c2ccccc2)o1. The Morgan fingerprint density at radius 3 is 2.58 bits per heavy atom. The van der Waals surface area contributed by atoms with Crippen LogP contribution in [0.25, 0.3) is 11.3 Å². The monoisotopic (exact) mass is 373 g/mol. The molecule has 0 aliphatic heterocycles. The van der Waals surface area contributed by atoms with Crippen LogP contribution in [0.2, 0.25) is 0 Å². The van der Waals surface area contributed by atoms with Crippen LogP contribution in [0.3, 0.4) is 0 Å². The first-order chi connectivity index (χ1) is 10.8. The van der Waals surface area contributed by atoms with E-state index in [2.05, 4.69) is 10.3 Å². The number of nitrogens with two attached hydrogens (primary N) is 1. The summed E-state index contributed by atoms with van der Waals surface area (Å²) in [5, 5.41) is 2.89. The zero-order valence-corrected chi connectivity index (χ0v) is 15.2. The Hall–Kier alpha value is -1.56. The van der Waals surface area contributed by atoms with Crippen LogP contribution in [0.15, 0.2) is 40.9 Å². The fourth-order valence-electron chi connectivity index (χ4n) is 2.15. The molecule has 134 valence electrons. The van der Waals surface area contributed by atoms with Gasteiger partial charge in [-0.3, -0.25) is 4.79 Å². The van der Waals surface area contributed by atoms with Gasteiger partial charge < -0.3 is 15.5 Å². The number of carbonyl (C=O) groups is 1. The summed E-state index contributed by atoms with van der Waals surface area (Å²) >= 11 is 0. The van der Waals surface area contributed by atoms with Crippen molar-refractivity contribution in [2.24, 2.45) is 5.73 Å². The minimum Gasteiger partial charge on any atom is -0.441 e. The van der Waals surface area contributed by atoms with E-state index in [1.165, 1.54) is 0 Å². The lowest BCUT2D eigenvalue weighted by atomic mass is 10.2. The average Bonchev–Trinajstić information content (AvgIpc) is 3.01. The standard InChI is InChI=1S/C17H23N3O2.2ClH/c18-11-4-5-12-19-16(21)9-6-10-17-20-13-15(22-17)14-7-2-1-3-8-14;;/h1-3,7-8,13H,4-6,9-12,18H2,(H,19,21);2*1H. The maximum atomic E-state index is 11.6. The van der Waals surface area contributed by atoms with Gasteiger partial charge in [-0.2, -0.15) is 0 Å². The van der Waals surface area contributed by atoms with Crippen LogP contribution in [0.1, 0.15) is 31.6 Å². The maximum absolute atomic E-state index is 11.6. The first-order valence-corrected chi connectivity index (χ1v) is 7.76. The third kappa shape index (κ3) is 7.81. The van der Waals surface area contributed by atoms with Crippen molar-refractivity contribution in [3.05, 3.63) is 42.4 Å². The Kier molecular flexibility index (Phi) is 12.0. The molecule has 0 unspecified atom stereocenters. The number of nitrogens with one attached hydrogen (secondary N) is 1. The van der Waals surface area contributed by atoms with Crippen molar-refractivity contribution in [1.82, 2.24) is 10.3 Å². The molecule has 1 heterocycles. The van der Waals surface area contributed by atoms with Gasteiger partial charge in [0.25, 0.3) is 0 Å². The summed E-state index contributed by atoms with van der Waals surface area (Å²) in [6, 6.07) is 9.87. The van der Waals surface area contributed by atoms with Crippen LogP contribution in [-0.2, 0) is 11.2 Å². The molecule has 5 nitrogen and oxygen atoms in total. The number of aryl methyl sites for hydroxylation is 1. The van der Waals surface area contributed by atoms with Crippen molar-refractivity contribution in [2.45, 2.75) is 32.1 Å². The van der Waals surface area contributed by atoms with Gasteiger partial charge in [0.2, 0.25) is 5.91 Å². The number of halogens is 2. The highest BCUT2D eigenvalue weighted by molar-refractivity contribution is 5.85. The smallest absolute Gasteiger partial charge is 0.220 e. The summed E-state index contributed by atoms with van der Waals surface area (Å²) in [6.45, 7) is 1.37. The third-order valence-electron chi connectivity index (χ3n) is 3.36. The second-order valence-corrected chi connectivity index (χ2v) is 5.18. The van der Waals surface area contributed by atoms with E-state index in [1.807, 2.05) is 30.3 Å². The van der Waals surface area contributed by atoms with Crippen molar-refractivity contribution in [2.75, 3.05) is 13.1 Å². The van der Waals surface area contributed by atoms with Crippen LogP contribution in [0.4, 0.5) is 0 Å². The molecular formula is C17H25Cl2N3O2. The van der Waals surface area contributed by atoms with Crippen LogP contribution in [0.5, 0.6) is 0 Å². The molecule has 1 aromatic carbocycles. The number of nitrogens with zero attached hydrogens (tertiary/aromatic N) is 1. The molecule has 7 heteroatoms. The first kappa shape index (κ1) is 22.4. The number of hydrogen-bond donors (Lipinski definition) is 2. The highest BCUT2D eigenvalue weighted by atomic mass is 35.5. The van der Waals surface area contributed by atoms with Gasteiger partial charge in [0.1, 0.15) is 0 Å². The number of carbonyl (C=O) groups excluding carboxylic acids is 1. The van der Waals surface area contributed by atoms with Crippen LogP contribution in [-0.4, -0.2) is 24.0 Å². The predicted octanol–water partition coefficient (Wildman–Crippen LogP) is 3.36. The van der Waals surface area contributed by atoms with Gasteiger partial charge >= 0.3 is 0 Å². The molecule has 0 fully saturated rings. The quantitative estimate of drug-likeness (QED) is 0.660. The number of amides is 1. The summed E-state index contributed by atoms with van der Waals surface area (Å²) in [7, 11) is 0. The molecule has 0 aliphatic rings. The topological polar surface area (TPSA) is 81.1 Å². The Labute approximate surface area is 155 Å².